The first kappa shape index (κ1) is 12.6. The Hall–Kier alpha value is -1.50. The Bertz CT molecular complexity index is 369. The summed E-state index contributed by atoms with van der Waals surface area (Å²) in [5.74, 6) is -1.93. The maximum Gasteiger partial charge on any atom is 0.389 e. The molecule has 0 amide bonds. The van der Waals surface area contributed by atoms with Crippen molar-refractivity contribution >= 4 is 5.97 Å². The minimum atomic E-state index is -4.36. The number of aliphatic hydroxyl groups is 1. The molecule has 16 heavy (non-hydrogen) atoms. The Labute approximate surface area is 88.3 Å². The number of rotatable bonds is 4. The zero-order valence-electron chi connectivity index (χ0n) is 7.99. The van der Waals surface area contributed by atoms with Crippen LogP contribution in [0.1, 0.15) is 35.3 Å². The van der Waals surface area contributed by atoms with Crippen LogP contribution in [0, 0.1) is 0 Å². The van der Waals surface area contributed by atoms with Gasteiger partial charge in [-0.15, -0.1) is 0 Å². The molecule has 0 aliphatic carbocycles. The number of furan rings is 1. The summed E-state index contributed by atoms with van der Waals surface area (Å²) in [4.78, 5) is 10.4. The highest BCUT2D eigenvalue weighted by molar-refractivity contribution is 5.84. The van der Waals surface area contributed by atoms with E-state index in [1.165, 1.54) is 0 Å². The Morgan fingerprint density at radius 1 is 1.44 bits per heavy atom. The highest BCUT2D eigenvalue weighted by atomic mass is 19.4. The van der Waals surface area contributed by atoms with E-state index in [-0.39, 0.29) is 5.76 Å². The SMILES string of the molecule is O=C(O)c1ccc(C(O)CCC(F)(F)F)o1. The van der Waals surface area contributed by atoms with E-state index in [0.29, 0.717) is 0 Å². The van der Waals surface area contributed by atoms with Gasteiger partial charge in [0.05, 0.1) is 0 Å². The van der Waals surface area contributed by atoms with Gasteiger partial charge in [-0.3, -0.25) is 0 Å². The van der Waals surface area contributed by atoms with Gasteiger partial charge in [0.2, 0.25) is 5.76 Å². The van der Waals surface area contributed by atoms with Crippen LogP contribution >= 0.6 is 0 Å². The Balaban J connectivity index is 2.59. The van der Waals surface area contributed by atoms with Crippen molar-refractivity contribution in [3.05, 3.63) is 23.7 Å². The lowest BCUT2D eigenvalue weighted by Crippen LogP contribution is -2.09. The van der Waals surface area contributed by atoms with Gasteiger partial charge in [-0.25, -0.2) is 4.79 Å². The average Bonchev–Trinajstić information content (AvgIpc) is 2.61. The van der Waals surface area contributed by atoms with Crippen LogP contribution in [0.15, 0.2) is 16.5 Å². The lowest BCUT2D eigenvalue weighted by atomic mass is 10.1. The number of carboxylic acid groups (broad SMARTS) is 1. The highest BCUT2D eigenvalue weighted by Gasteiger charge is 2.29. The van der Waals surface area contributed by atoms with Crippen molar-refractivity contribution in [1.29, 1.82) is 0 Å². The van der Waals surface area contributed by atoms with E-state index in [2.05, 4.69) is 4.42 Å². The van der Waals surface area contributed by atoms with Crippen LogP contribution in [0.4, 0.5) is 13.2 Å². The fourth-order valence-electron chi connectivity index (χ4n) is 1.09. The summed E-state index contributed by atoms with van der Waals surface area (Å²) in [5, 5.41) is 17.8. The van der Waals surface area contributed by atoms with Crippen molar-refractivity contribution in [3.8, 4) is 0 Å². The van der Waals surface area contributed by atoms with Crippen molar-refractivity contribution in [2.75, 3.05) is 0 Å². The second-order valence-electron chi connectivity index (χ2n) is 3.18. The van der Waals surface area contributed by atoms with Crippen LogP contribution < -0.4 is 0 Å². The summed E-state index contributed by atoms with van der Waals surface area (Å²) in [6.45, 7) is 0. The van der Waals surface area contributed by atoms with E-state index in [4.69, 9.17) is 5.11 Å². The molecule has 1 aromatic rings. The molecule has 1 heterocycles. The van der Waals surface area contributed by atoms with E-state index in [1.807, 2.05) is 0 Å². The molecule has 1 unspecified atom stereocenters. The molecule has 2 N–H and O–H groups in total. The lowest BCUT2D eigenvalue weighted by molar-refractivity contribution is -0.140. The molecule has 90 valence electrons. The molecular weight excluding hydrogens is 229 g/mol. The van der Waals surface area contributed by atoms with E-state index in [1.54, 1.807) is 0 Å². The van der Waals surface area contributed by atoms with Crippen LogP contribution in [0.3, 0.4) is 0 Å². The third-order valence-corrected chi connectivity index (χ3v) is 1.87. The average molecular weight is 238 g/mol. The fourth-order valence-corrected chi connectivity index (χ4v) is 1.09. The molecule has 7 heteroatoms. The quantitative estimate of drug-likeness (QED) is 0.844. The first-order valence-electron chi connectivity index (χ1n) is 4.37. The molecule has 0 fully saturated rings. The summed E-state index contributed by atoms with van der Waals surface area (Å²) >= 11 is 0. The van der Waals surface area contributed by atoms with Gasteiger partial charge < -0.3 is 14.6 Å². The van der Waals surface area contributed by atoms with Crippen LogP contribution in [0.25, 0.3) is 0 Å². The van der Waals surface area contributed by atoms with Crippen molar-refractivity contribution in [2.45, 2.75) is 25.1 Å². The smallest absolute Gasteiger partial charge is 0.389 e. The molecule has 0 saturated carbocycles. The van der Waals surface area contributed by atoms with Crippen molar-refractivity contribution in [2.24, 2.45) is 0 Å². The summed E-state index contributed by atoms with van der Waals surface area (Å²) in [5.41, 5.74) is 0. The van der Waals surface area contributed by atoms with E-state index >= 15 is 0 Å². The van der Waals surface area contributed by atoms with Gasteiger partial charge in [-0.05, 0) is 18.6 Å². The molecule has 4 nitrogen and oxygen atoms in total. The number of aromatic carboxylic acids is 1. The van der Waals surface area contributed by atoms with Gasteiger partial charge in [-0.2, -0.15) is 13.2 Å². The third kappa shape index (κ3) is 3.58. The Morgan fingerprint density at radius 2 is 2.06 bits per heavy atom. The van der Waals surface area contributed by atoms with Gasteiger partial charge in [0.1, 0.15) is 11.9 Å². The van der Waals surface area contributed by atoms with Gasteiger partial charge in [0.25, 0.3) is 0 Å². The first-order chi connectivity index (χ1) is 7.29. The van der Waals surface area contributed by atoms with Gasteiger partial charge in [0.15, 0.2) is 0 Å². The molecule has 0 aliphatic rings. The number of halogens is 3. The number of carboxylic acids is 1. The van der Waals surface area contributed by atoms with Crippen LogP contribution in [-0.2, 0) is 0 Å². The highest BCUT2D eigenvalue weighted by Crippen LogP contribution is 2.28. The Morgan fingerprint density at radius 3 is 2.50 bits per heavy atom. The maximum absolute atomic E-state index is 11.8. The fraction of sp³-hybridized carbons (Fsp3) is 0.444. The molecular formula is C9H9F3O4. The number of alkyl halides is 3. The summed E-state index contributed by atoms with van der Waals surface area (Å²) in [6, 6.07) is 2.22. The summed E-state index contributed by atoms with van der Waals surface area (Å²) in [7, 11) is 0. The standard InChI is InChI=1S/C9H9F3O4/c10-9(11,12)4-3-5(13)6-1-2-7(16-6)8(14)15/h1-2,5,13H,3-4H2,(H,14,15). The van der Waals surface area contributed by atoms with E-state index < -0.39 is 36.9 Å². The molecule has 1 atom stereocenters. The van der Waals surface area contributed by atoms with E-state index in [9.17, 15) is 23.1 Å². The molecule has 0 spiro atoms. The van der Waals surface area contributed by atoms with Crippen molar-refractivity contribution < 1.29 is 32.6 Å². The largest absolute Gasteiger partial charge is 0.475 e. The minimum absolute atomic E-state index is 0.179. The van der Waals surface area contributed by atoms with Gasteiger partial charge >= 0.3 is 12.1 Å². The molecule has 0 aromatic carbocycles. The number of aliphatic hydroxyl groups excluding tert-OH is 1. The summed E-state index contributed by atoms with van der Waals surface area (Å²) in [6.07, 6.45) is -7.52. The van der Waals surface area contributed by atoms with Crippen LogP contribution in [0.2, 0.25) is 0 Å². The number of hydrogen-bond acceptors (Lipinski definition) is 3. The normalized spacial score (nSPS) is 13.8. The predicted molar refractivity (Wildman–Crippen MR) is 45.9 cm³/mol. The Kier molecular flexibility index (Phi) is 3.58. The number of hydrogen-bond donors (Lipinski definition) is 2. The third-order valence-electron chi connectivity index (χ3n) is 1.87. The lowest BCUT2D eigenvalue weighted by Gasteiger charge is -2.09. The molecule has 1 rings (SSSR count). The van der Waals surface area contributed by atoms with E-state index in [0.717, 1.165) is 12.1 Å². The van der Waals surface area contributed by atoms with Crippen LogP contribution in [-0.4, -0.2) is 22.4 Å². The minimum Gasteiger partial charge on any atom is -0.475 e. The predicted octanol–water partition coefficient (Wildman–Crippen LogP) is 2.35. The molecule has 1 aromatic heterocycles. The molecule has 0 bridgehead atoms. The molecule has 0 radical (unpaired) electrons. The van der Waals surface area contributed by atoms with Crippen molar-refractivity contribution in [3.63, 3.8) is 0 Å². The second-order valence-corrected chi connectivity index (χ2v) is 3.18. The zero-order chi connectivity index (χ0) is 12.3. The topological polar surface area (TPSA) is 70.7 Å². The maximum atomic E-state index is 11.8. The molecule has 0 aliphatic heterocycles. The second kappa shape index (κ2) is 4.56. The van der Waals surface area contributed by atoms with Crippen molar-refractivity contribution in [1.82, 2.24) is 0 Å². The number of carbonyl (C=O) groups is 1. The van der Waals surface area contributed by atoms with Gasteiger partial charge in [-0.1, -0.05) is 0 Å². The monoisotopic (exact) mass is 238 g/mol. The van der Waals surface area contributed by atoms with Crippen LogP contribution in [0.5, 0.6) is 0 Å². The molecule has 0 saturated heterocycles. The zero-order valence-corrected chi connectivity index (χ0v) is 7.99. The first-order valence-corrected chi connectivity index (χ1v) is 4.37. The van der Waals surface area contributed by atoms with Gasteiger partial charge in [0, 0.05) is 6.42 Å². The summed E-state index contributed by atoms with van der Waals surface area (Å²) < 4.78 is 40.1.